The van der Waals surface area contributed by atoms with Crippen LogP contribution in [0.25, 0.3) is 0 Å². The summed E-state index contributed by atoms with van der Waals surface area (Å²) in [6, 6.07) is 12.9. The van der Waals surface area contributed by atoms with Crippen LogP contribution >= 0.6 is 11.6 Å². The topological polar surface area (TPSA) is 61.4 Å². The zero-order chi connectivity index (χ0) is 18.4. The van der Waals surface area contributed by atoms with Crippen molar-refractivity contribution in [2.45, 2.75) is 13.3 Å². The first-order valence-corrected chi connectivity index (χ1v) is 8.32. The van der Waals surface area contributed by atoms with Crippen LogP contribution in [0.3, 0.4) is 0 Å². The average Bonchev–Trinajstić information content (AvgIpc) is 2.57. The molecular weight excluding hydrogens is 338 g/mol. The van der Waals surface area contributed by atoms with Crippen molar-refractivity contribution in [3.63, 3.8) is 0 Å². The second-order valence-corrected chi connectivity index (χ2v) is 6.39. The summed E-state index contributed by atoms with van der Waals surface area (Å²) in [7, 11) is 3.44. The van der Waals surface area contributed by atoms with E-state index < -0.39 is 0 Å². The molecule has 0 heterocycles. The van der Waals surface area contributed by atoms with Crippen molar-refractivity contribution < 1.29 is 9.59 Å². The van der Waals surface area contributed by atoms with Gasteiger partial charge in [0.25, 0.3) is 0 Å². The summed E-state index contributed by atoms with van der Waals surface area (Å²) in [5.41, 5.74) is 3.23. The maximum Gasteiger partial charge on any atom is 0.243 e. The van der Waals surface area contributed by atoms with Gasteiger partial charge in [-0.15, -0.1) is 0 Å². The maximum absolute atomic E-state index is 12.1. The molecular formula is C19H22ClN3O2. The monoisotopic (exact) mass is 359 g/mol. The third-order valence-electron chi connectivity index (χ3n) is 3.75. The van der Waals surface area contributed by atoms with E-state index in [0.717, 1.165) is 16.8 Å². The zero-order valence-electron chi connectivity index (χ0n) is 14.6. The van der Waals surface area contributed by atoms with Crippen LogP contribution in [0.15, 0.2) is 42.5 Å². The summed E-state index contributed by atoms with van der Waals surface area (Å²) in [4.78, 5) is 25.6. The summed E-state index contributed by atoms with van der Waals surface area (Å²) in [5.74, 6) is -0.179. The Labute approximate surface area is 153 Å². The van der Waals surface area contributed by atoms with Gasteiger partial charge < -0.3 is 15.5 Å². The van der Waals surface area contributed by atoms with Gasteiger partial charge in [-0.1, -0.05) is 35.9 Å². The van der Waals surface area contributed by atoms with Crippen LogP contribution in [0, 0.1) is 6.92 Å². The third-order valence-corrected chi connectivity index (χ3v) is 4.16. The lowest BCUT2D eigenvalue weighted by Gasteiger charge is -2.14. The normalized spacial score (nSPS) is 10.2. The SMILES string of the molecule is Cc1ccc(NC(=O)CNc2ccccc2CC(=O)N(C)C)cc1Cl. The number of carbonyl (C=O) groups is 2. The van der Waals surface area contributed by atoms with E-state index in [1.807, 2.05) is 43.3 Å². The highest BCUT2D eigenvalue weighted by molar-refractivity contribution is 6.31. The lowest BCUT2D eigenvalue weighted by atomic mass is 10.1. The zero-order valence-corrected chi connectivity index (χ0v) is 15.4. The Balaban J connectivity index is 1.97. The van der Waals surface area contributed by atoms with Gasteiger partial charge in [-0.25, -0.2) is 0 Å². The molecule has 6 heteroatoms. The minimum atomic E-state index is -0.186. The van der Waals surface area contributed by atoms with E-state index in [1.165, 1.54) is 0 Å². The van der Waals surface area contributed by atoms with Crippen molar-refractivity contribution in [3.8, 4) is 0 Å². The summed E-state index contributed by atoms with van der Waals surface area (Å²) >= 11 is 6.06. The van der Waals surface area contributed by atoms with Gasteiger partial charge in [0, 0.05) is 30.5 Å². The Bertz CT molecular complexity index is 775. The molecule has 0 spiro atoms. The van der Waals surface area contributed by atoms with E-state index in [9.17, 15) is 9.59 Å². The van der Waals surface area contributed by atoms with Crippen molar-refractivity contribution in [1.29, 1.82) is 0 Å². The van der Waals surface area contributed by atoms with Gasteiger partial charge in [0.2, 0.25) is 11.8 Å². The largest absolute Gasteiger partial charge is 0.376 e. The highest BCUT2D eigenvalue weighted by Crippen LogP contribution is 2.20. The van der Waals surface area contributed by atoms with E-state index in [4.69, 9.17) is 11.6 Å². The first-order valence-electron chi connectivity index (χ1n) is 7.94. The molecule has 2 amide bonds. The fourth-order valence-electron chi connectivity index (χ4n) is 2.22. The van der Waals surface area contributed by atoms with Gasteiger partial charge in [-0.2, -0.15) is 0 Å². The van der Waals surface area contributed by atoms with Gasteiger partial charge in [0.15, 0.2) is 0 Å². The number of para-hydroxylation sites is 1. The van der Waals surface area contributed by atoms with Crippen molar-refractivity contribution >= 4 is 34.8 Å². The Kier molecular flexibility index (Phi) is 6.42. The molecule has 25 heavy (non-hydrogen) atoms. The van der Waals surface area contributed by atoms with E-state index in [0.29, 0.717) is 10.7 Å². The number of aryl methyl sites for hydroxylation is 1. The van der Waals surface area contributed by atoms with Gasteiger partial charge in [0.05, 0.1) is 13.0 Å². The average molecular weight is 360 g/mol. The van der Waals surface area contributed by atoms with Crippen molar-refractivity contribution in [3.05, 3.63) is 58.6 Å². The van der Waals surface area contributed by atoms with Crippen LogP contribution in [0.5, 0.6) is 0 Å². The molecule has 0 bridgehead atoms. The number of carbonyl (C=O) groups excluding carboxylic acids is 2. The van der Waals surface area contributed by atoms with Crippen molar-refractivity contribution in [1.82, 2.24) is 4.90 Å². The van der Waals surface area contributed by atoms with E-state index in [2.05, 4.69) is 10.6 Å². The van der Waals surface area contributed by atoms with Gasteiger partial charge in [-0.3, -0.25) is 9.59 Å². The number of nitrogens with zero attached hydrogens (tertiary/aromatic N) is 1. The Hall–Kier alpha value is -2.53. The number of likely N-dealkylation sites (N-methyl/N-ethyl adjacent to an activating group) is 1. The molecule has 0 aromatic heterocycles. The molecule has 0 aliphatic carbocycles. The molecule has 5 nitrogen and oxygen atoms in total. The molecule has 0 radical (unpaired) electrons. The molecule has 0 saturated carbocycles. The lowest BCUT2D eigenvalue weighted by Crippen LogP contribution is -2.25. The van der Waals surface area contributed by atoms with Crippen molar-refractivity contribution in [2.24, 2.45) is 0 Å². The van der Waals surface area contributed by atoms with Gasteiger partial charge >= 0.3 is 0 Å². The number of nitrogens with one attached hydrogen (secondary N) is 2. The number of halogens is 1. The predicted molar refractivity (Wildman–Crippen MR) is 102 cm³/mol. The number of hydrogen-bond donors (Lipinski definition) is 2. The van der Waals surface area contributed by atoms with Crippen LogP contribution < -0.4 is 10.6 Å². The molecule has 132 valence electrons. The van der Waals surface area contributed by atoms with E-state index >= 15 is 0 Å². The molecule has 0 unspecified atom stereocenters. The van der Waals surface area contributed by atoms with Crippen LogP contribution in [0.4, 0.5) is 11.4 Å². The number of rotatable bonds is 6. The Morgan fingerprint density at radius 2 is 1.84 bits per heavy atom. The molecule has 0 fully saturated rings. The smallest absolute Gasteiger partial charge is 0.243 e. The first kappa shape index (κ1) is 18.8. The molecule has 2 aromatic carbocycles. The quantitative estimate of drug-likeness (QED) is 0.831. The van der Waals surface area contributed by atoms with Gasteiger partial charge in [0.1, 0.15) is 0 Å². The molecule has 0 atom stereocenters. The second-order valence-electron chi connectivity index (χ2n) is 5.99. The maximum atomic E-state index is 12.1. The van der Waals surface area contributed by atoms with Crippen LogP contribution in [-0.2, 0) is 16.0 Å². The molecule has 0 aliphatic heterocycles. The lowest BCUT2D eigenvalue weighted by molar-refractivity contribution is -0.127. The standard InChI is InChI=1S/C19H22ClN3O2/c1-13-8-9-15(11-16(13)20)22-18(24)12-21-17-7-5-4-6-14(17)10-19(25)23(2)3/h4-9,11,21H,10,12H2,1-3H3,(H,22,24). The fraction of sp³-hybridized carbons (Fsp3) is 0.263. The highest BCUT2D eigenvalue weighted by Gasteiger charge is 2.10. The number of amides is 2. The summed E-state index contributed by atoms with van der Waals surface area (Å²) in [5, 5.41) is 6.49. The van der Waals surface area contributed by atoms with Crippen LogP contribution in [0.1, 0.15) is 11.1 Å². The number of benzene rings is 2. The number of hydrogen-bond acceptors (Lipinski definition) is 3. The first-order chi connectivity index (χ1) is 11.9. The Morgan fingerprint density at radius 3 is 2.52 bits per heavy atom. The summed E-state index contributed by atoms with van der Waals surface area (Å²) in [6.45, 7) is 2.00. The van der Waals surface area contributed by atoms with Gasteiger partial charge in [-0.05, 0) is 36.2 Å². The van der Waals surface area contributed by atoms with Crippen LogP contribution in [0.2, 0.25) is 5.02 Å². The van der Waals surface area contributed by atoms with E-state index in [-0.39, 0.29) is 24.8 Å². The number of anilines is 2. The molecule has 2 aromatic rings. The van der Waals surface area contributed by atoms with Crippen molar-refractivity contribution in [2.75, 3.05) is 31.3 Å². The Morgan fingerprint density at radius 1 is 1.12 bits per heavy atom. The minimum Gasteiger partial charge on any atom is -0.376 e. The second kappa shape index (κ2) is 8.53. The molecule has 0 aliphatic rings. The fourth-order valence-corrected chi connectivity index (χ4v) is 2.40. The third kappa shape index (κ3) is 5.50. The molecule has 2 rings (SSSR count). The summed E-state index contributed by atoms with van der Waals surface area (Å²) < 4.78 is 0. The predicted octanol–water partition coefficient (Wildman–Crippen LogP) is 3.33. The molecule has 0 saturated heterocycles. The van der Waals surface area contributed by atoms with E-state index in [1.54, 1.807) is 25.1 Å². The minimum absolute atomic E-state index is 0.00741. The summed E-state index contributed by atoms with van der Waals surface area (Å²) in [6.07, 6.45) is 0.283. The van der Waals surface area contributed by atoms with Crippen LogP contribution in [-0.4, -0.2) is 37.4 Å². The molecule has 2 N–H and O–H groups in total. The highest BCUT2D eigenvalue weighted by atomic mass is 35.5.